The predicted molar refractivity (Wildman–Crippen MR) is 122 cm³/mol. The number of piperazine rings is 1. The zero-order valence-corrected chi connectivity index (χ0v) is 19.5. The molecule has 1 aromatic heterocycles. The molecule has 2 aliphatic carbocycles. The van der Waals surface area contributed by atoms with Crippen molar-refractivity contribution in [2.75, 3.05) is 31.5 Å². The van der Waals surface area contributed by atoms with E-state index in [1.54, 1.807) is 9.80 Å². The summed E-state index contributed by atoms with van der Waals surface area (Å²) in [5.41, 5.74) is 0.620. The Morgan fingerprint density at radius 2 is 1.72 bits per heavy atom. The van der Waals surface area contributed by atoms with Crippen LogP contribution in [0.25, 0.3) is 0 Å². The molecule has 1 N–H and O–H groups in total. The van der Waals surface area contributed by atoms with Gasteiger partial charge < -0.3 is 15.1 Å². The number of carbonyl (C=O) groups is 4. The summed E-state index contributed by atoms with van der Waals surface area (Å²) in [4.78, 5) is 58.1. The van der Waals surface area contributed by atoms with Crippen molar-refractivity contribution < 1.29 is 19.2 Å². The zero-order chi connectivity index (χ0) is 22.7. The molecule has 0 radical (unpaired) electrons. The molecule has 0 spiro atoms. The van der Waals surface area contributed by atoms with Crippen LogP contribution in [0.1, 0.15) is 73.7 Å². The molecule has 4 rings (SSSR count). The third-order valence-corrected chi connectivity index (χ3v) is 8.01. The fourth-order valence-electron chi connectivity index (χ4n) is 5.05. The third-order valence-electron chi connectivity index (χ3n) is 6.96. The Hall–Kier alpha value is -2.29. The molecule has 1 aliphatic heterocycles. The van der Waals surface area contributed by atoms with Crippen molar-refractivity contribution in [1.82, 2.24) is 14.8 Å². The summed E-state index contributed by atoms with van der Waals surface area (Å²) in [5.74, 6) is 0.0707. The standard InChI is InChI=1S/C23H32N4O4S/c1-15(28)26-9-11-27(12-10-26)22(31)17-13-18-21(19(29)14-17)32-23(24-18)25-20(30)8-7-16-5-3-2-4-6-16/h16-17H,2-14H2,1H3,(H,24,25,30)/t17-/m0/s1. The highest BCUT2D eigenvalue weighted by atomic mass is 32.1. The minimum atomic E-state index is -0.421. The van der Waals surface area contributed by atoms with Crippen molar-refractivity contribution >= 4 is 40.0 Å². The van der Waals surface area contributed by atoms with Crippen LogP contribution in [0.5, 0.6) is 0 Å². The SMILES string of the molecule is CC(=O)N1CCN(C(=O)[C@@H]2CC(=O)c3sc(NC(=O)CCC4CCCCC4)nc3C2)CC1. The first-order valence-corrected chi connectivity index (χ1v) is 12.6. The van der Waals surface area contributed by atoms with Crippen molar-refractivity contribution in [3.05, 3.63) is 10.6 Å². The molecule has 9 heteroatoms. The number of amides is 3. The number of carbonyl (C=O) groups excluding carboxylic acids is 4. The highest BCUT2D eigenvalue weighted by Gasteiger charge is 2.36. The summed E-state index contributed by atoms with van der Waals surface area (Å²) < 4.78 is 0. The summed E-state index contributed by atoms with van der Waals surface area (Å²) in [6.45, 7) is 3.58. The van der Waals surface area contributed by atoms with Gasteiger partial charge in [-0.15, -0.1) is 0 Å². The van der Waals surface area contributed by atoms with E-state index in [2.05, 4.69) is 10.3 Å². The van der Waals surface area contributed by atoms with Crippen molar-refractivity contribution in [3.63, 3.8) is 0 Å². The monoisotopic (exact) mass is 460 g/mol. The number of thiazole rings is 1. The number of anilines is 1. The molecule has 3 amide bonds. The minimum absolute atomic E-state index is 0.0189. The average molecular weight is 461 g/mol. The van der Waals surface area contributed by atoms with E-state index in [9.17, 15) is 19.2 Å². The molecule has 0 aromatic carbocycles. The Kier molecular flexibility index (Phi) is 7.23. The molecular formula is C23H32N4O4S. The lowest BCUT2D eigenvalue weighted by molar-refractivity contribution is -0.141. The number of fused-ring (bicyclic) bond motifs is 1. The van der Waals surface area contributed by atoms with E-state index in [4.69, 9.17) is 0 Å². The maximum absolute atomic E-state index is 13.0. The summed E-state index contributed by atoms with van der Waals surface area (Å²) in [5, 5.41) is 3.32. The van der Waals surface area contributed by atoms with Gasteiger partial charge in [-0.05, 0) is 12.3 Å². The van der Waals surface area contributed by atoms with Gasteiger partial charge in [0.2, 0.25) is 17.7 Å². The van der Waals surface area contributed by atoms with Crippen LogP contribution < -0.4 is 5.32 Å². The molecule has 1 aromatic rings. The second-order valence-electron chi connectivity index (χ2n) is 9.25. The summed E-state index contributed by atoms with van der Waals surface area (Å²) in [6.07, 6.45) is 8.25. The molecule has 8 nitrogen and oxygen atoms in total. The first kappa shape index (κ1) is 22.9. The molecule has 3 aliphatic rings. The molecule has 0 unspecified atom stereocenters. The quantitative estimate of drug-likeness (QED) is 0.728. The lowest BCUT2D eigenvalue weighted by Crippen LogP contribution is -2.52. The van der Waals surface area contributed by atoms with E-state index in [1.165, 1.54) is 50.4 Å². The van der Waals surface area contributed by atoms with Crippen LogP contribution in [-0.4, -0.2) is 64.5 Å². The number of ketones is 1. The Balaban J connectivity index is 1.31. The number of hydrogen-bond donors (Lipinski definition) is 1. The molecule has 2 fully saturated rings. The second kappa shape index (κ2) is 10.1. The van der Waals surface area contributed by atoms with E-state index in [-0.39, 0.29) is 29.9 Å². The largest absolute Gasteiger partial charge is 0.339 e. The number of nitrogens with zero attached hydrogens (tertiary/aromatic N) is 3. The highest BCUT2D eigenvalue weighted by Crippen LogP contribution is 2.33. The van der Waals surface area contributed by atoms with Crippen LogP contribution in [0.15, 0.2) is 0 Å². The lowest BCUT2D eigenvalue weighted by atomic mass is 9.86. The number of Topliss-reactive ketones (excluding diaryl/α,β-unsaturated/α-hetero) is 1. The Labute approximate surface area is 192 Å². The van der Waals surface area contributed by atoms with Gasteiger partial charge in [0.15, 0.2) is 10.9 Å². The van der Waals surface area contributed by atoms with Crippen LogP contribution in [0.3, 0.4) is 0 Å². The Morgan fingerprint density at radius 1 is 1.03 bits per heavy atom. The van der Waals surface area contributed by atoms with E-state index in [1.807, 2.05) is 0 Å². The maximum atomic E-state index is 13.0. The van der Waals surface area contributed by atoms with Gasteiger partial charge in [0.1, 0.15) is 0 Å². The summed E-state index contributed by atoms with van der Waals surface area (Å²) >= 11 is 1.22. The molecule has 2 heterocycles. The van der Waals surface area contributed by atoms with Crippen LogP contribution in [-0.2, 0) is 20.8 Å². The third kappa shape index (κ3) is 5.36. The Bertz CT molecular complexity index is 885. The lowest BCUT2D eigenvalue weighted by Gasteiger charge is -2.36. The normalized spacial score (nSPS) is 21.9. The van der Waals surface area contributed by atoms with Crippen LogP contribution >= 0.6 is 11.3 Å². The maximum Gasteiger partial charge on any atom is 0.226 e. The molecule has 174 valence electrons. The van der Waals surface area contributed by atoms with Crippen LogP contribution in [0.4, 0.5) is 5.13 Å². The van der Waals surface area contributed by atoms with Gasteiger partial charge >= 0.3 is 0 Å². The first-order valence-electron chi connectivity index (χ1n) is 11.8. The molecule has 1 saturated carbocycles. The van der Waals surface area contributed by atoms with Gasteiger partial charge in [-0.1, -0.05) is 43.4 Å². The van der Waals surface area contributed by atoms with Crippen molar-refractivity contribution in [2.45, 2.75) is 64.7 Å². The molecule has 1 saturated heterocycles. The average Bonchev–Trinajstić information content (AvgIpc) is 3.21. The highest BCUT2D eigenvalue weighted by molar-refractivity contribution is 7.17. The van der Waals surface area contributed by atoms with E-state index in [0.717, 1.165) is 6.42 Å². The van der Waals surface area contributed by atoms with Gasteiger partial charge in [-0.25, -0.2) is 4.98 Å². The number of aromatic nitrogens is 1. The predicted octanol–water partition coefficient (Wildman–Crippen LogP) is 2.88. The van der Waals surface area contributed by atoms with Crippen molar-refractivity contribution in [2.24, 2.45) is 11.8 Å². The second-order valence-corrected chi connectivity index (χ2v) is 10.2. The van der Waals surface area contributed by atoms with Gasteiger partial charge in [0.25, 0.3) is 0 Å². The first-order chi connectivity index (χ1) is 15.4. The van der Waals surface area contributed by atoms with Gasteiger partial charge in [-0.2, -0.15) is 0 Å². The Morgan fingerprint density at radius 3 is 2.41 bits per heavy atom. The minimum Gasteiger partial charge on any atom is -0.339 e. The number of hydrogen-bond acceptors (Lipinski definition) is 6. The molecule has 32 heavy (non-hydrogen) atoms. The number of nitrogens with one attached hydrogen (secondary N) is 1. The van der Waals surface area contributed by atoms with E-state index in [0.29, 0.717) is 60.6 Å². The number of rotatable bonds is 5. The fourth-order valence-corrected chi connectivity index (χ4v) is 6.01. The van der Waals surface area contributed by atoms with E-state index < -0.39 is 5.92 Å². The van der Waals surface area contributed by atoms with E-state index >= 15 is 0 Å². The molecular weight excluding hydrogens is 428 g/mol. The fraction of sp³-hybridized carbons (Fsp3) is 0.696. The molecule has 1 atom stereocenters. The smallest absolute Gasteiger partial charge is 0.226 e. The van der Waals surface area contributed by atoms with Gasteiger partial charge in [0.05, 0.1) is 16.5 Å². The summed E-state index contributed by atoms with van der Waals surface area (Å²) in [6, 6.07) is 0. The summed E-state index contributed by atoms with van der Waals surface area (Å²) in [7, 11) is 0. The van der Waals surface area contributed by atoms with Crippen LogP contribution in [0.2, 0.25) is 0 Å². The van der Waals surface area contributed by atoms with Crippen molar-refractivity contribution in [3.8, 4) is 0 Å². The van der Waals surface area contributed by atoms with Gasteiger partial charge in [-0.3, -0.25) is 19.2 Å². The topological polar surface area (TPSA) is 99.7 Å². The van der Waals surface area contributed by atoms with Gasteiger partial charge in [0, 0.05) is 52.4 Å². The molecule has 0 bridgehead atoms. The zero-order valence-electron chi connectivity index (χ0n) is 18.7. The van der Waals surface area contributed by atoms with Crippen molar-refractivity contribution in [1.29, 1.82) is 0 Å². The van der Waals surface area contributed by atoms with Crippen LogP contribution in [0, 0.1) is 11.8 Å².